The second-order valence-corrected chi connectivity index (χ2v) is 3.76. The van der Waals surface area contributed by atoms with Gasteiger partial charge in [0.15, 0.2) is 0 Å². The van der Waals surface area contributed by atoms with Crippen LogP contribution in [0.2, 0.25) is 0 Å². The normalized spacial score (nSPS) is 16.8. The van der Waals surface area contributed by atoms with E-state index in [0.29, 0.717) is 18.6 Å². The molecule has 0 aromatic carbocycles. The molecule has 17 heavy (non-hydrogen) atoms. The van der Waals surface area contributed by atoms with E-state index < -0.39 is 0 Å². The molecular weight excluding hydrogens is 222 g/mol. The lowest BCUT2D eigenvalue weighted by molar-refractivity contribution is 0.0903. The number of hydrogen-bond donors (Lipinski definition) is 2. The lowest BCUT2D eigenvalue weighted by atomic mass is 10.1. The summed E-state index contributed by atoms with van der Waals surface area (Å²) in [5, 5.41) is 3.22. The summed E-state index contributed by atoms with van der Waals surface area (Å²) in [6.45, 7) is 3.89. The van der Waals surface area contributed by atoms with E-state index in [2.05, 4.69) is 20.3 Å². The van der Waals surface area contributed by atoms with Gasteiger partial charge in [-0.15, -0.1) is 0 Å². The highest BCUT2D eigenvalue weighted by Crippen LogP contribution is 2.14. The van der Waals surface area contributed by atoms with Gasteiger partial charge in [-0.25, -0.2) is 0 Å². The zero-order valence-corrected chi connectivity index (χ0v) is 9.85. The van der Waals surface area contributed by atoms with Crippen molar-refractivity contribution in [2.45, 2.75) is 25.8 Å². The fourth-order valence-corrected chi connectivity index (χ4v) is 1.65. The van der Waals surface area contributed by atoms with Crippen LogP contribution in [-0.2, 0) is 4.74 Å². The third-order valence-corrected chi connectivity index (χ3v) is 2.46. The van der Waals surface area contributed by atoms with E-state index >= 15 is 0 Å². The van der Waals surface area contributed by atoms with Gasteiger partial charge in [0, 0.05) is 19.3 Å². The molecule has 1 aromatic heterocycles. The number of aromatic nitrogens is 3. The predicted molar refractivity (Wildman–Crippen MR) is 62.9 cm³/mol. The summed E-state index contributed by atoms with van der Waals surface area (Å²) in [7, 11) is 0. The SMILES string of the molecule is CCOc1nc(N)nc(NC2CCOCC2)n1. The van der Waals surface area contributed by atoms with E-state index in [4.69, 9.17) is 15.2 Å². The van der Waals surface area contributed by atoms with Gasteiger partial charge in [0.05, 0.1) is 6.61 Å². The number of anilines is 2. The van der Waals surface area contributed by atoms with Crippen molar-refractivity contribution in [2.75, 3.05) is 30.9 Å². The predicted octanol–water partition coefficient (Wildman–Crippen LogP) is 0.443. The highest BCUT2D eigenvalue weighted by Gasteiger charge is 2.15. The van der Waals surface area contributed by atoms with Crippen LogP contribution in [0.1, 0.15) is 19.8 Å². The van der Waals surface area contributed by atoms with Crippen molar-refractivity contribution < 1.29 is 9.47 Å². The fourth-order valence-electron chi connectivity index (χ4n) is 1.65. The maximum Gasteiger partial charge on any atom is 0.323 e. The monoisotopic (exact) mass is 239 g/mol. The van der Waals surface area contributed by atoms with Crippen LogP contribution in [0.5, 0.6) is 6.01 Å². The number of nitrogens with zero attached hydrogens (tertiary/aromatic N) is 3. The molecule has 2 heterocycles. The maximum absolute atomic E-state index is 5.59. The molecule has 0 radical (unpaired) electrons. The lowest BCUT2D eigenvalue weighted by Gasteiger charge is -2.23. The number of rotatable bonds is 4. The summed E-state index contributed by atoms with van der Waals surface area (Å²) in [6.07, 6.45) is 1.88. The molecule has 3 N–H and O–H groups in total. The molecule has 0 bridgehead atoms. The minimum Gasteiger partial charge on any atom is -0.464 e. The van der Waals surface area contributed by atoms with Gasteiger partial charge in [-0.05, 0) is 19.8 Å². The average molecular weight is 239 g/mol. The van der Waals surface area contributed by atoms with Crippen molar-refractivity contribution >= 4 is 11.9 Å². The first-order valence-corrected chi connectivity index (χ1v) is 5.76. The molecule has 0 spiro atoms. The van der Waals surface area contributed by atoms with Crippen LogP contribution in [0.15, 0.2) is 0 Å². The molecule has 0 atom stereocenters. The quantitative estimate of drug-likeness (QED) is 0.787. The summed E-state index contributed by atoms with van der Waals surface area (Å²) in [4.78, 5) is 12.1. The van der Waals surface area contributed by atoms with Crippen molar-refractivity contribution in [1.82, 2.24) is 15.0 Å². The molecule has 1 fully saturated rings. The standard InChI is InChI=1S/C10H17N5O2/c1-2-17-10-14-8(11)13-9(15-10)12-7-3-5-16-6-4-7/h7H,2-6H2,1H3,(H3,11,12,13,14,15). The molecule has 1 aromatic rings. The van der Waals surface area contributed by atoms with Crippen molar-refractivity contribution in [3.8, 4) is 6.01 Å². The molecule has 0 amide bonds. The highest BCUT2D eigenvalue weighted by atomic mass is 16.5. The first-order chi connectivity index (χ1) is 8.28. The topological polar surface area (TPSA) is 95.2 Å². The van der Waals surface area contributed by atoms with E-state index in [-0.39, 0.29) is 12.0 Å². The molecule has 7 nitrogen and oxygen atoms in total. The molecule has 0 saturated carbocycles. The van der Waals surface area contributed by atoms with Gasteiger partial charge < -0.3 is 20.5 Å². The van der Waals surface area contributed by atoms with E-state index in [0.717, 1.165) is 26.1 Å². The van der Waals surface area contributed by atoms with Crippen LogP contribution in [0.25, 0.3) is 0 Å². The second kappa shape index (κ2) is 5.62. The smallest absolute Gasteiger partial charge is 0.323 e. The van der Waals surface area contributed by atoms with Crippen molar-refractivity contribution in [1.29, 1.82) is 0 Å². The Balaban J connectivity index is 2.03. The molecule has 0 aliphatic carbocycles. The average Bonchev–Trinajstić information content (AvgIpc) is 2.30. The Morgan fingerprint density at radius 3 is 2.82 bits per heavy atom. The van der Waals surface area contributed by atoms with Gasteiger partial charge in [-0.3, -0.25) is 0 Å². The van der Waals surface area contributed by atoms with E-state index in [1.54, 1.807) is 0 Å². The molecule has 1 aliphatic heterocycles. The minimum absolute atomic E-state index is 0.165. The van der Waals surface area contributed by atoms with Crippen molar-refractivity contribution in [3.63, 3.8) is 0 Å². The van der Waals surface area contributed by atoms with Crippen LogP contribution in [0.4, 0.5) is 11.9 Å². The number of nitrogens with one attached hydrogen (secondary N) is 1. The van der Waals surface area contributed by atoms with Crippen molar-refractivity contribution in [2.24, 2.45) is 0 Å². The minimum atomic E-state index is 0.165. The lowest BCUT2D eigenvalue weighted by Crippen LogP contribution is -2.29. The van der Waals surface area contributed by atoms with Crippen molar-refractivity contribution in [3.05, 3.63) is 0 Å². The Bertz CT molecular complexity index is 368. The molecule has 0 unspecified atom stereocenters. The van der Waals surface area contributed by atoms with Crippen LogP contribution in [0, 0.1) is 0 Å². The summed E-state index contributed by atoms with van der Waals surface area (Å²) < 4.78 is 10.5. The molecule has 94 valence electrons. The van der Waals surface area contributed by atoms with Gasteiger partial charge in [0.1, 0.15) is 0 Å². The Labute approximate surface area is 99.8 Å². The highest BCUT2D eigenvalue weighted by molar-refractivity contribution is 5.33. The zero-order chi connectivity index (χ0) is 12.1. The van der Waals surface area contributed by atoms with E-state index in [9.17, 15) is 0 Å². The first-order valence-electron chi connectivity index (χ1n) is 5.76. The van der Waals surface area contributed by atoms with Gasteiger partial charge in [-0.2, -0.15) is 15.0 Å². The number of nitrogen functional groups attached to an aromatic ring is 1. The zero-order valence-electron chi connectivity index (χ0n) is 9.85. The largest absolute Gasteiger partial charge is 0.464 e. The van der Waals surface area contributed by atoms with Crippen LogP contribution in [0.3, 0.4) is 0 Å². The third-order valence-electron chi connectivity index (χ3n) is 2.46. The number of ether oxygens (including phenoxy) is 2. The first kappa shape index (κ1) is 11.8. The molecule has 2 rings (SSSR count). The Morgan fingerprint density at radius 1 is 1.35 bits per heavy atom. The van der Waals surface area contributed by atoms with Gasteiger partial charge >= 0.3 is 6.01 Å². The van der Waals surface area contributed by atoms with E-state index in [1.807, 2.05) is 6.92 Å². The van der Waals surface area contributed by atoms with E-state index in [1.165, 1.54) is 0 Å². The molecule has 7 heteroatoms. The van der Waals surface area contributed by atoms with Crippen LogP contribution in [-0.4, -0.2) is 40.8 Å². The molecule has 1 aliphatic rings. The number of nitrogens with two attached hydrogens (primary N) is 1. The Kier molecular flexibility index (Phi) is 3.92. The van der Waals surface area contributed by atoms with Gasteiger partial charge in [0.2, 0.25) is 11.9 Å². The summed E-state index contributed by atoms with van der Waals surface area (Å²) in [5.41, 5.74) is 5.59. The summed E-state index contributed by atoms with van der Waals surface area (Å²) in [5.74, 6) is 0.630. The van der Waals surface area contributed by atoms with Gasteiger partial charge in [-0.1, -0.05) is 0 Å². The molecule has 1 saturated heterocycles. The van der Waals surface area contributed by atoms with Gasteiger partial charge in [0.25, 0.3) is 0 Å². The Morgan fingerprint density at radius 2 is 2.12 bits per heavy atom. The maximum atomic E-state index is 5.59. The number of hydrogen-bond acceptors (Lipinski definition) is 7. The van der Waals surface area contributed by atoms with Crippen LogP contribution >= 0.6 is 0 Å². The Hall–Kier alpha value is -1.63. The third kappa shape index (κ3) is 3.42. The summed E-state index contributed by atoms with van der Waals surface area (Å²) >= 11 is 0. The molecular formula is C10H17N5O2. The summed E-state index contributed by atoms with van der Waals surface area (Å²) in [6, 6.07) is 0.578. The second-order valence-electron chi connectivity index (χ2n) is 3.76. The van der Waals surface area contributed by atoms with Crippen LogP contribution < -0.4 is 15.8 Å². The fraction of sp³-hybridized carbons (Fsp3) is 0.700.